The molecule has 0 radical (unpaired) electrons. The summed E-state index contributed by atoms with van der Waals surface area (Å²) in [5.41, 5.74) is 1.27. The number of hydrogen-bond acceptors (Lipinski definition) is 4. The number of benzene rings is 1. The van der Waals surface area contributed by atoms with E-state index in [1.54, 1.807) is 0 Å². The quantitative estimate of drug-likeness (QED) is 0.925. The molecule has 0 aromatic heterocycles. The minimum atomic E-state index is -0.0489. The highest BCUT2D eigenvalue weighted by molar-refractivity contribution is 7.99. The van der Waals surface area contributed by atoms with Gasteiger partial charge < -0.3 is 9.84 Å². The Morgan fingerprint density at radius 2 is 2.10 bits per heavy atom. The summed E-state index contributed by atoms with van der Waals surface area (Å²) in [4.78, 5) is 2.50. The molecule has 2 heterocycles. The van der Waals surface area contributed by atoms with Crippen LogP contribution < -0.4 is 0 Å². The Balaban J connectivity index is 1.75. The Hall–Kier alpha value is -0.260. The van der Waals surface area contributed by atoms with E-state index in [9.17, 15) is 5.11 Å². The van der Waals surface area contributed by atoms with Crippen LogP contribution in [0, 0.1) is 5.41 Å². The van der Waals surface area contributed by atoms with Crippen molar-refractivity contribution < 1.29 is 9.84 Å². The van der Waals surface area contributed by atoms with E-state index in [2.05, 4.69) is 17.0 Å². The Morgan fingerprint density at radius 1 is 1.35 bits per heavy atom. The summed E-state index contributed by atoms with van der Waals surface area (Å²) in [5, 5.41) is 10.4. The van der Waals surface area contributed by atoms with Gasteiger partial charge in [0.1, 0.15) is 0 Å². The highest BCUT2D eigenvalue weighted by Crippen LogP contribution is 2.35. The van der Waals surface area contributed by atoms with Gasteiger partial charge in [0.15, 0.2) is 0 Å². The van der Waals surface area contributed by atoms with Gasteiger partial charge in [-0.2, -0.15) is 11.8 Å². The summed E-state index contributed by atoms with van der Waals surface area (Å²) in [6.45, 7) is 3.56. The maximum absolute atomic E-state index is 9.63. The van der Waals surface area contributed by atoms with E-state index >= 15 is 0 Å². The van der Waals surface area contributed by atoms with Crippen molar-refractivity contribution in [3.8, 4) is 0 Å². The zero-order chi connectivity index (χ0) is 14.0. The van der Waals surface area contributed by atoms with Gasteiger partial charge in [-0.1, -0.05) is 23.7 Å². The summed E-state index contributed by atoms with van der Waals surface area (Å²) in [5.74, 6) is 2.26. The van der Waals surface area contributed by atoms with Crippen LogP contribution in [0.2, 0.25) is 5.02 Å². The van der Waals surface area contributed by atoms with Gasteiger partial charge in [-0.25, -0.2) is 0 Å². The third-order valence-corrected chi connectivity index (χ3v) is 5.46. The molecule has 1 aromatic rings. The molecule has 0 bridgehead atoms. The van der Waals surface area contributed by atoms with Crippen molar-refractivity contribution in [3.63, 3.8) is 0 Å². The molecule has 1 aromatic carbocycles. The zero-order valence-electron chi connectivity index (χ0n) is 11.4. The molecular formula is C15H20ClNO2S. The molecule has 5 heteroatoms. The summed E-state index contributed by atoms with van der Waals surface area (Å²) < 4.78 is 5.32. The lowest BCUT2D eigenvalue weighted by Crippen LogP contribution is -2.55. The van der Waals surface area contributed by atoms with Gasteiger partial charge in [0.25, 0.3) is 0 Å². The number of thioether (sulfide) groups is 1. The second-order valence-electron chi connectivity index (χ2n) is 5.76. The van der Waals surface area contributed by atoms with Crippen LogP contribution in [0.25, 0.3) is 0 Å². The number of ether oxygens (including phenoxy) is 1. The summed E-state index contributed by atoms with van der Waals surface area (Å²) >= 11 is 7.98. The van der Waals surface area contributed by atoms with Crippen molar-refractivity contribution in [1.82, 2.24) is 4.90 Å². The SMILES string of the molecule is OCC1(CN2CCSCC2c2ccc(Cl)cc2)COC1. The Bertz CT molecular complexity index is 444. The fourth-order valence-corrected chi connectivity index (χ4v) is 4.16. The van der Waals surface area contributed by atoms with Gasteiger partial charge in [0.2, 0.25) is 0 Å². The average Bonchev–Trinajstić information content (AvgIpc) is 2.44. The topological polar surface area (TPSA) is 32.7 Å². The highest BCUT2D eigenvalue weighted by atomic mass is 35.5. The maximum Gasteiger partial charge on any atom is 0.0579 e. The number of hydrogen-bond donors (Lipinski definition) is 1. The first kappa shape index (κ1) is 14.7. The molecule has 2 saturated heterocycles. The fourth-order valence-electron chi connectivity index (χ4n) is 2.87. The standard InChI is InChI=1S/C15H20ClNO2S/c16-13-3-1-12(2-4-13)14-7-20-6-5-17(14)8-15(9-18)10-19-11-15/h1-4,14,18H,5-11H2. The van der Waals surface area contributed by atoms with E-state index in [1.807, 2.05) is 23.9 Å². The summed E-state index contributed by atoms with van der Waals surface area (Å²) in [6, 6.07) is 8.57. The molecule has 1 atom stereocenters. The van der Waals surface area contributed by atoms with Gasteiger partial charge in [-0.3, -0.25) is 4.90 Å². The van der Waals surface area contributed by atoms with Crippen LogP contribution >= 0.6 is 23.4 Å². The Kier molecular flexibility index (Phi) is 4.58. The molecule has 2 fully saturated rings. The molecule has 20 heavy (non-hydrogen) atoms. The lowest BCUT2D eigenvalue weighted by Gasteiger charge is -2.46. The smallest absolute Gasteiger partial charge is 0.0579 e. The van der Waals surface area contributed by atoms with Gasteiger partial charge in [-0.15, -0.1) is 0 Å². The maximum atomic E-state index is 9.63. The van der Waals surface area contributed by atoms with Crippen molar-refractivity contribution in [3.05, 3.63) is 34.9 Å². The van der Waals surface area contributed by atoms with Crippen LogP contribution in [0.1, 0.15) is 11.6 Å². The Morgan fingerprint density at radius 3 is 2.70 bits per heavy atom. The number of aliphatic hydroxyl groups is 1. The monoisotopic (exact) mass is 313 g/mol. The van der Waals surface area contributed by atoms with Crippen LogP contribution in [0.3, 0.4) is 0 Å². The predicted molar refractivity (Wildman–Crippen MR) is 83.4 cm³/mol. The van der Waals surface area contributed by atoms with Crippen LogP contribution in [0.15, 0.2) is 24.3 Å². The van der Waals surface area contributed by atoms with Gasteiger partial charge >= 0.3 is 0 Å². The first-order chi connectivity index (χ1) is 9.72. The van der Waals surface area contributed by atoms with Crippen LogP contribution in [0.5, 0.6) is 0 Å². The van der Waals surface area contributed by atoms with E-state index in [0.29, 0.717) is 19.3 Å². The fraction of sp³-hybridized carbons (Fsp3) is 0.600. The molecular weight excluding hydrogens is 294 g/mol. The second-order valence-corrected chi connectivity index (χ2v) is 7.35. The molecule has 1 unspecified atom stereocenters. The largest absolute Gasteiger partial charge is 0.396 e. The molecule has 0 aliphatic carbocycles. The normalized spacial score (nSPS) is 26.2. The summed E-state index contributed by atoms with van der Waals surface area (Å²) in [6.07, 6.45) is 0. The van der Waals surface area contributed by atoms with E-state index in [1.165, 1.54) is 5.56 Å². The number of rotatable bonds is 4. The van der Waals surface area contributed by atoms with Crippen molar-refractivity contribution in [2.24, 2.45) is 5.41 Å². The first-order valence-electron chi connectivity index (χ1n) is 6.98. The molecule has 1 N–H and O–H groups in total. The molecule has 2 aliphatic rings. The van der Waals surface area contributed by atoms with E-state index in [0.717, 1.165) is 29.6 Å². The van der Waals surface area contributed by atoms with Crippen molar-refractivity contribution in [2.45, 2.75) is 6.04 Å². The van der Waals surface area contributed by atoms with Gasteiger partial charge in [-0.05, 0) is 17.7 Å². The van der Waals surface area contributed by atoms with Crippen LogP contribution in [0.4, 0.5) is 0 Å². The lowest BCUT2D eigenvalue weighted by molar-refractivity contribution is -0.151. The predicted octanol–water partition coefficient (Wildman–Crippen LogP) is 2.44. The second kappa shape index (κ2) is 6.24. The molecule has 0 saturated carbocycles. The van der Waals surface area contributed by atoms with Crippen molar-refractivity contribution in [1.29, 1.82) is 0 Å². The highest BCUT2D eigenvalue weighted by Gasteiger charge is 2.41. The number of nitrogens with zero attached hydrogens (tertiary/aromatic N) is 1. The first-order valence-corrected chi connectivity index (χ1v) is 8.52. The zero-order valence-corrected chi connectivity index (χ0v) is 13.0. The third kappa shape index (κ3) is 3.00. The third-order valence-electron chi connectivity index (χ3n) is 4.18. The van der Waals surface area contributed by atoms with Crippen molar-refractivity contribution in [2.75, 3.05) is 44.4 Å². The molecule has 0 amide bonds. The molecule has 0 spiro atoms. The van der Waals surface area contributed by atoms with Crippen molar-refractivity contribution >= 4 is 23.4 Å². The van der Waals surface area contributed by atoms with E-state index in [4.69, 9.17) is 16.3 Å². The minimum absolute atomic E-state index is 0.0489. The summed E-state index contributed by atoms with van der Waals surface area (Å²) in [7, 11) is 0. The van der Waals surface area contributed by atoms with E-state index in [-0.39, 0.29) is 12.0 Å². The van der Waals surface area contributed by atoms with Crippen LogP contribution in [-0.2, 0) is 4.74 Å². The van der Waals surface area contributed by atoms with Gasteiger partial charge in [0.05, 0.1) is 25.2 Å². The Labute approximate surface area is 129 Å². The number of aliphatic hydroxyl groups excluding tert-OH is 1. The van der Waals surface area contributed by atoms with Crippen LogP contribution in [-0.4, -0.2) is 54.4 Å². The molecule has 3 rings (SSSR count). The lowest BCUT2D eigenvalue weighted by atomic mass is 9.85. The minimum Gasteiger partial charge on any atom is -0.396 e. The molecule has 3 nitrogen and oxygen atoms in total. The molecule has 110 valence electrons. The molecule has 2 aliphatic heterocycles. The van der Waals surface area contributed by atoms with Gasteiger partial charge in [0, 0.05) is 35.7 Å². The van der Waals surface area contributed by atoms with E-state index < -0.39 is 0 Å². The number of halogens is 1. The average molecular weight is 314 g/mol.